The minimum Gasteiger partial charge on any atom is -0.311 e. The van der Waals surface area contributed by atoms with E-state index in [0.717, 1.165) is 11.3 Å². The molecule has 1 aromatic heterocycles. The molecule has 0 aliphatic heterocycles. The van der Waals surface area contributed by atoms with E-state index in [0.29, 0.717) is 6.42 Å². The second kappa shape index (κ2) is 5.53. The molecule has 0 fully saturated rings. The van der Waals surface area contributed by atoms with Gasteiger partial charge in [0.25, 0.3) is 0 Å². The van der Waals surface area contributed by atoms with Crippen LogP contribution in [-0.2, 0) is 6.42 Å². The number of aromatic nitrogens is 2. The van der Waals surface area contributed by atoms with Gasteiger partial charge in [-0.2, -0.15) is 0 Å². The molecule has 0 amide bonds. The zero-order valence-electron chi connectivity index (χ0n) is 9.15. The summed E-state index contributed by atoms with van der Waals surface area (Å²) in [6.07, 6.45) is 0.582. The van der Waals surface area contributed by atoms with Gasteiger partial charge in [-0.15, -0.1) is 5.10 Å². The highest BCUT2D eigenvalue weighted by molar-refractivity contribution is 7.03. The van der Waals surface area contributed by atoms with Crippen LogP contribution in [-0.4, -0.2) is 16.6 Å². The first kappa shape index (κ1) is 12.4. The smallest absolute Gasteiger partial charge is 0.142 e. The number of nitrogens with one attached hydrogen (secondary N) is 1. The monoisotopic (exact) mass is 271 g/mol. The summed E-state index contributed by atoms with van der Waals surface area (Å²) < 4.78 is 17.1. The van der Waals surface area contributed by atoms with Crippen molar-refractivity contribution >= 4 is 23.1 Å². The zero-order chi connectivity index (χ0) is 12.3. The molecule has 1 heterocycles. The average molecular weight is 272 g/mol. The van der Waals surface area contributed by atoms with Crippen molar-refractivity contribution in [1.82, 2.24) is 14.9 Å². The van der Waals surface area contributed by atoms with Gasteiger partial charge in [-0.25, -0.2) is 4.39 Å². The van der Waals surface area contributed by atoms with Crippen molar-refractivity contribution in [3.8, 4) is 0 Å². The Morgan fingerprint density at radius 2 is 2.35 bits per heavy atom. The molecule has 1 atom stereocenters. The van der Waals surface area contributed by atoms with E-state index >= 15 is 0 Å². The van der Waals surface area contributed by atoms with Crippen molar-refractivity contribution in [2.24, 2.45) is 0 Å². The quantitative estimate of drug-likeness (QED) is 0.929. The second-order valence-corrected chi connectivity index (χ2v) is 4.58. The van der Waals surface area contributed by atoms with Gasteiger partial charge in [-0.1, -0.05) is 28.2 Å². The van der Waals surface area contributed by atoms with Crippen molar-refractivity contribution in [1.29, 1.82) is 0 Å². The predicted octanol–water partition coefficient (Wildman–Crippen LogP) is 2.83. The molecule has 0 spiro atoms. The molecule has 1 N–H and O–H groups in total. The molecule has 17 heavy (non-hydrogen) atoms. The molecule has 0 saturated heterocycles. The molecule has 1 unspecified atom stereocenters. The maximum atomic E-state index is 13.3. The van der Waals surface area contributed by atoms with Gasteiger partial charge in [-0.05, 0) is 36.6 Å². The van der Waals surface area contributed by atoms with Gasteiger partial charge in [0.1, 0.15) is 5.82 Å². The maximum absolute atomic E-state index is 13.3. The first-order valence-corrected chi connectivity index (χ1v) is 6.31. The van der Waals surface area contributed by atoms with Gasteiger partial charge in [-0.3, -0.25) is 0 Å². The lowest BCUT2D eigenvalue weighted by Gasteiger charge is -2.14. The van der Waals surface area contributed by atoms with E-state index in [2.05, 4.69) is 14.9 Å². The topological polar surface area (TPSA) is 37.8 Å². The van der Waals surface area contributed by atoms with Crippen molar-refractivity contribution in [2.75, 3.05) is 7.05 Å². The summed E-state index contributed by atoms with van der Waals surface area (Å²) in [4.78, 5) is 0. The Morgan fingerprint density at radius 3 is 3.00 bits per heavy atom. The number of rotatable bonds is 4. The molecular formula is C11H11ClFN3S. The summed E-state index contributed by atoms with van der Waals surface area (Å²) in [5.74, 6) is -0.393. The Kier molecular flexibility index (Phi) is 4.04. The molecule has 2 aromatic rings. The highest BCUT2D eigenvalue weighted by atomic mass is 35.5. The van der Waals surface area contributed by atoms with Crippen LogP contribution in [0.15, 0.2) is 23.6 Å². The molecule has 0 aliphatic rings. The third kappa shape index (κ3) is 2.80. The minimum atomic E-state index is -0.393. The zero-order valence-corrected chi connectivity index (χ0v) is 10.7. The van der Waals surface area contributed by atoms with E-state index in [-0.39, 0.29) is 11.1 Å². The number of hydrogen-bond acceptors (Lipinski definition) is 4. The van der Waals surface area contributed by atoms with Crippen LogP contribution in [0.3, 0.4) is 0 Å². The van der Waals surface area contributed by atoms with Gasteiger partial charge in [0.15, 0.2) is 0 Å². The number of halogens is 2. The summed E-state index contributed by atoms with van der Waals surface area (Å²) in [7, 11) is 1.83. The fraction of sp³-hybridized carbons (Fsp3) is 0.273. The average Bonchev–Trinajstić information content (AvgIpc) is 2.85. The van der Waals surface area contributed by atoms with E-state index in [1.54, 1.807) is 6.07 Å². The third-order valence-electron chi connectivity index (χ3n) is 2.54. The van der Waals surface area contributed by atoms with Crippen molar-refractivity contribution in [3.05, 3.63) is 45.7 Å². The van der Waals surface area contributed by atoms with E-state index in [1.165, 1.54) is 17.6 Å². The standard InChI is InChI=1S/C11H11ClFN3S/c1-14-9(10-6-17-16-15-10)5-7-3-2-4-8(13)11(7)12/h2-4,6,9,14H,5H2,1H3. The van der Waals surface area contributed by atoms with Crippen LogP contribution >= 0.6 is 23.1 Å². The van der Waals surface area contributed by atoms with E-state index in [9.17, 15) is 4.39 Å². The first-order valence-electron chi connectivity index (χ1n) is 5.09. The van der Waals surface area contributed by atoms with E-state index in [4.69, 9.17) is 11.6 Å². The summed E-state index contributed by atoms with van der Waals surface area (Å²) in [5.41, 5.74) is 1.61. The Labute approximate surface area is 108 Å². The highest BCUT2D eigenvalue weighted by Gasteiger charge is 2.15. The largest absolute Gasteiger partial charge is 0.311 e. The Balaban J connectivity index is 2.22. The van der Waals surface area contributed by atoms with Crippen LogP contribution < -0.4 is 5.32 Å². The number of nitrogens with zero attached hydrogens (tertiary/aromatic N) is 2. The lowest BCUT2D eigenvalue weighted by Crippen LogP contribution is -2.19. The summed E-state index contributed by atoms with van der Waals surface area (Å²) in [6, 6.07) is 4.82. The molecular weight excluding hydrogens is 261 g/mol. The van der Waals surface area contributed by atoms with Gasteiger partial charge < -0.3 is 5.32 Å². The van der Waals surface area contributed by atoms with Crippen molar-refractivity contribution < 1.29 is 4.39 Å². The van der Waals surface area contributed by atoms with Gasteiger partial charge in [0.2, 0.25) is 0 Å². The second-order valence-electron chi connectivity index (χ2n) is 3.59. The molecule has 6 heteroatoms. The van der Waals surface area contributed by atoms with Crippen molar-refractivity contribution in [2.45, 2.75) is 12.5 Å². The van der Waals surface area contributed by atoms with Crippen LogP contribution in [0.25, 0.3) is 0 Å². The van der Waals surface area contributed by atoms with Gasteiger partial charge in [0, 0.05) is 5.38 Å². The SMILES string of the molecule is CNC(Cc1cccc(F)c1Cl)c1csnn1. The van der Waals surface area contributed by atoms with Crippen LogP contribution in [0.5, 0.6) is 0 Å². The van der Waals surface area contributed by atoms with Crippen molar-refractivity contribution in [3.63, 3.8) is 0 Å². The van der Waals surface area contributed by atoms with Crippen LogP contribution in [0, 0.1) is 5.82 Å². The molecule has 0 saturated carbocycles. The van der Waals surface area contributed by atoms with Gasteiger partial charge >= 0.3 is 0 Å². The molecule has 2 rings (SSSR count). The minimum absolute atomic E-state index is 0.00644. The third-order valence-corrected chi connectivity index (χ3v) is 3.48. The summed E-state index contributed by atoms with van der Waals surface area (Å²) >= 11 is 7.21. The predicted molar refractivity (Wildman–Crippen MR) is 66.8 cm³/mol. The fourth-order valence-electron chi connectivity index (χ4n) is 1.60. The van der Waals surface area contributed by atoms with Gasteiger partial charge in [0.05, 0.1) is 16.8 Å². The molecule has 0 bridgehead atoms. The Hall–Kier alpha value is -1.04. The van der Waals surface area contributed by atoms with E-state index in [1.807, 2.05) is 18.5 Å². The Bertz CT molecular complexity index is 489. The molecule has 1 aromatic carbocycles. The first-order chi connectivity index (χ1) is 8.22. The van der Waals surface area contributed by atoms with Crippen LogP contribution in [0.1, 0.15) is 17.3 Å². The lowest BCUT2D eigenvalue weighted by molar-refractivity contribution is 0.569. The molecule has 0 radical (unpaired) electrons. The normalized spacial score (nSPS) is 12.6. The molecule has 0 aliphatic carbocycles. The summed E-state index contributed by atoms with van der Waals surface area (Å²) in [5, 5.41) is 9.17. The number of likely N-dealkylation sites (N-methyl/N-ethyl adjacent to an activating group) is 1. The molecule has 90 valence electrons. The van der Waals surface area contributed by atoms with Crippen LogP contribution in [0.4, 0.5) is 4.39 Å². The van der Waals surface area contributed by atoms with Crippen LogP contribution in [0.2, 0.25) is 5.02 Å². The number of hydrogen-bond donors (Lipinski definition) is 1. The maximum Gasteiger partial charge on any atom is 0.142 e. The number of benzene rings is 1. The lowest BCUT2D eigenvalue weighted by atomic mass is 10.0. The Morgan fingerprint density at radius 1 is 1.53 bits per heavy atom. The van der Waals surface area contributed by atoms with E-state index < -0.39 is 5.82 Å². The fourth-order valence-corrected chi connectivity index (χ4v) is 2.32. The highest BCUT2D eigenvalue weighted by Crippen LogP contribution is 2.24. The molecule has 3 nitrogen and oxygen atoms in total. The summed E-state index contributed by atoms with van der Waals surface area (Å²) in [6.45, 7) is 0.